The van der Waals surface area contributed by atoms with Gasteiger partial charge in [-0.2, -0.15) is 0 Å². The van der Waals surface area contributed by atoms with E-state index in [1.54, 1.807) is 0 Å². The first-order chi connectivity index (χ1) is 7.22. The highest BCUT2D eigenvalue weighted by atomic mass is 16.2. The number of unbranched alkanes of at least 4 members (excludes halogenated alkanes) is 1. The van der Waals surface area contributed by atoms with Crippen molar-refractivity contribution < 1.29 is 4.79 Å². The van der Waals surface area contributed by atoms with Crippen LogP contribution in [0.5, 0.6) is 0 Å². The van der Waals surface area contributed by atoms with Crippen LogP contribution in [0.15, 0.2) is 0 Å². The normalized spacial score (nSPS) is 25.2. The third-order valence-electron chi connectivity index (χ3n) is 2.95. The maximum absolute atomic E-state index is 11.3. The third kappa shape index (κ3) is 5.02. The molecule has 0 bridgehead atoms. The van der Waals surface area contributed by atoms with Gasteiger partial charge in [-0.1, -0.05) is 13.3 Å². The molecule has 1 aliphatic rings. The molecule has 4 N–H and O–H groups in total. The summed E-state index contributed by atoms with van der Waals surface area (Å²) in [5.41, 5.74) is 5.80. The number of nitrogens with two attached hydrogens (primary N) is 1. The summed E-state index contributed by atoms with van der Waals surface area (Å²) in [6.45, 7) is 3.65. The Labute approximate surface area is 92.0 Å². The standard InChI is InChI=1S/C11H23N3O/c1-2-3-6-13-11(15)14-8-9-4-5-10(12)7-9/h9-10H,2-8,12H2,1H3,(H2,13,14,15)/t9-,10+/m1/s1. The second kappa shape index (κ2) is 6.67. The van der Waals surface area contributed by atoms with Gasteiger partial charge in [-0.3, -0.25) is 0 Å². The Morgan fingerprint density at radius 1 is 1.40 bits per heavy atom. The van der Waals surface area contributed by atoms with E-state index in [-0.39, 0.29) is 6.03 Å². The molecule has 0 spiro atoms. The number of nitrogens with one attached hydrogen (secondary N) is 2. The van der Waals surface area contributed by atoms with E-state index >= 15 is 0 Å². The van der Waals surface area contributed by atoms with Gasteiger partial charge in [-0.15, -0.1) is 0 Å². The summed E-state index contributed by atoms with van der Waals surface area (Å²) in [6.07, 6.45) is 5.45. The Hall–Kier alpha value is -0.770. The third-order valence-corrected chi connectivity index (χ3v) is 2.95. The van der Waals surface area contributed by atoms with Crippen molar-refractivity contribution in [1.82, 2.24) is 10.6 Å². The van der Waals surface area contributed by atoms with Gasteiger partial charge in [0.15, 0.2) is 0 Å². The highest BCUT2D eigenvalue weighted by Gasteiger charge is 2.21. The Balaban J connectivity index is 2.01. The average molecular weight is 213 g/mol. The molecule has 15 heavy (non-hydrogen) atoms. The molecule has 2 amide bonds. The Bertz CT molecular complexity index is 196. The molecular weight excluding hydrogens is 190 g/mol. The van der Waals surface area contributed by atoms with Gasteiger partial charge in [0.25, 0.3) is 0 Å². The molecule has 0 aromatic heterocycles. The van der Waals surface area contributed by atoms with E-state index in [1.807, 2.05) is 0 Å². The van der Waals surface area contributed by atoms with Crippen LogP contribution in [0.1, 0.15) is 39.0 Å². The van der Waals surface area contributed by atoms with Crippen molar-refractivity contribution in [1.29, 1.82) is 0 Å². The van der Waals surface area contributed by atoms with Gasteiger partial charge >= 0.3 is 6.03 Å². The van der Waals surface area contributed by atoms with E-state index in [0.717, 1.165) is 45.2 Å². The van der Waals surface area contributed by atoms with E-state index in [2.05, 4.69) is 17.6 Å². The lowest BCUT2D eigenvalue weighted by atomic mass is 10.1. The zero-order chi connectivity index (χ0) is 11.1. The average Bonchev–Trinajstić information content (AvgIpc) is 2.62. The molecule has 0 aromatic rings. The van der Waals surface area contributed by atoms with Crippen LogP contribution >= 0.6 is 0 Å². The Morgan fingerprint density at radius 2 is 2.20 bits per heavy atom. The molecule has 0 aliphatic heterocycles. The van der Waals surface area contributed by atoms with Crippen LogP contribution in [0.25, 0.3) is 0 Å². The number of hydrogen-bond donors (Lipinski definition) is 3. The fourth-order valence-electron chi connectivity index (χ4n) is 1.98. The van der Waals surface area contributed by atoms with Crippen LogP contribution in [0.4, 0.5) is 4.79 Å². The van der Waals surface area contributed by atoms with Gasteiger partial charge in [0.05, 0.1) is 0 Å². The molecule has 2 atom stereocenters. The molecular formula is C11H23N3O. The van der Waals surface area contributed by atoms with E-state index in [9.17, 15) is 4.79 Å². The van der Waals surface area contributed by atoms with Gasteiger partial charge in [-0.25, -0.2) is 4.79 Å². The Morgan fingerprint density at radius 3 is 2.80 bits per heavy atom. The zero-order valence-electron chi connectivity index (χ0n) is 9.59. The molecule has 0 radical (unpaired) electrons. The van der Waals surface area contributed by atoms with Crippen molar-refractivity contribution in [2.24, 2.45) is 11.7 Å². The number of carbonyl (C=O) groups excluding carboxylic acids is 1. The van der Waals surface area contributed by atoms with Crippen molar-refractivity contribution in [3.8, 4) is 0 Å². The minimum atomic E-state index is -0.0380. The van der Waals surface area contributed by atoms with E-state index in [0.29, 0.717) is 12.0 Å². The second-order valence-electron chi connectivity index (χ2n) is 4.43. The molecule has 4 heteroatoms. The van der Waals surface area contributed by atoms with Gasteiger partial charge in [0.1, 0.15) is 0 Å². The van der Waals surface area contributed by atoms with Crippen LogP contribution in [0, 0.1) is 5.92 Å². The van der Waals surface area contributed by atoms with Crippen LogP contribution in [-0.4, -0.2) is 25.2 Å². The minimum absolute atomic E-state index is 0.0380. The molecule has 0 heterocycles. The van der Waals surface area contributed by atoms with Crippen molar-refractivity contribution in [2.45, 2.75) is 45.1 Å². The quantitative estimate of drug-likeness (QED) is 0.601. The van der Waals surface area contributed by atoms with Gasteiger partial charge in [-0.05, 0) is 31.6 Å². The molecule has 4 nitrogen and oxygen atoms in total. The first kappa shape index (κ1) is 12.3. The number of urea groups is 1. The molecule has 88 valence electrons. The summed E-state index contributed by atoms with van der Waals surface area (Å²) in [6, 6.07) is 0.309. The van der Waals surface area contributed by atoms with Crippen LogP contribution in [0.3, 0.4) is 0 Å². The number of rotatable bonds is 5. The maximum Gasteiger partial charge on any atom is 0.314 e. The first-order valence-electron chi connectivity index (χ1n) is 5.99. The van der Waals surface area contributed by atoms with Crippen molar-refractivity contribution in [2.75, 3.05) is 13.1 Å². The summed E-state index contributed by atoms with van der Waals surface area (Å²) in [5.74, 6) is 0.580. The predicted octanol–water partition coefficient (Wildman–Crippen LogP) is 1.21. The van der Waals surface area contributed by atoms with Crippen molar-refractivity contribution in [3.63, 3.8) is 0 Å². The summed E-state index contributed by atoms with van der Waals surface area (Å²) in [4.78, 5) is 11.3. The lowest BCUT2D eigenvalue weighted by Crippen LogP contribution is -2.38. The SMILES string of the molecule is CCCCNC(=O)NC[C@@H]1CC[C@H](N)C1. The lowest BCUT2D eigenvalue weighted by molar-refractivity contribution is 0.238. The van der Waals surface area contributed by atoms with Crippen LogP contribution in [0.2, 0.25) is 0 Å². The highest BCUT2D eigenvalue weighted by Crippen LogP contribution is 2.22. The molecule has 1 saturated carbocycles. The van der Waals surface area contributed by atoms with Crippen LogP contribution in [-0.2, 0) is 0 Å². The first-order valence-corrected chi connectivity index (χ1v) is 5.99. The number of hydrogen-bond acceptors (Lipinski definition) is 2. The summed E-state index contributed by atoms with van der Waals surface area (Å²) < 4.78 is 0. The highest BCUT2D eigenvalue weighted by molar-refractivity contribution is 5.73. The fraction of sp³-hybridized carbons (Fsp3) is 0.909. The van der Waals surface area contributed by atoms with Gasteiger partial charge < -0.3 is 16.4 Å². The summed E-state index contributed by atoms with van der Waals surface area (Å²) >= 11 is 0. The second-order valence-corrected chi connectivity index (χ2v) is 4.43. The topological polar surface area (TPSA) is 67.2 Å². The largest absolute Gasteiger partial charge is 0.338 e. The number of carbonyl (C=O) groups is 1. The molecule has 1 aliphatic carbocycles. The molecule has 1 rings (SSSR count). The molecule has 0 unspecified atom stereocenters. The molecule has 0 saturated heterocycles. The summed E-state index contributed by atoms with van der Waals surface area (Å²) in [7, 11) is 0. The maximum atomic E-state index is 11.3. The van der Waals surface area contributed by atoms with Crippen LogP contribution < -0.4 is 16.4 Å². The molecule has 1 fully saturated rings. The van der Waals surface area contributed by atoms with Gasteiger partial charge in [0, 0.05) is 19.1 Å². The van der Waals surface area contributed by atoms with Crippen molar-refractivity contribution >= 4 is 6.03 Å². The van der Waals surface area contributed by atoms with Gasteiger partial charge in [0.2, 0.25) is 0 Å². The smallest absolute Gasteiger partial charge is 0.314 e. The number of amides is 2. The summed E-state index contributed by atoms with van der Waals surface area (Å²) in [5, 5.41) is 5.74. The van der Waals surface area contributed by atoms with Crippen molar-refractivity contribution in [3.05, 3.63) is 0 Å². The fourth-order valence-corrected chi connectivity index (χ4v) is 1.98. The van der Waals surface area contributed by atoms with E-state index in [1.165, 1.54) is 0 Å². The monoisotopic (exact) mass is 213 g/mol. The predicted molar refractivity (Wildman–Crippen MR) is 61.6 cm³/mol. The molecule has 0 aromatic carbocycles. The zero-order valence-corrected chi connectivity index (χ0v) is 9.59. The van der Waals surface area contributed by atoms with E-state index < -0.39 is 0 Å². The minimum Gasteiger partial charge on any atom is -0.338 e. The lowest BCUT2D eigenvalue weighted by Gasteiger charge is -2.11. The Kier molecular flexibility index (Phi) is 5.47. The van der Waals surface area contributed by atoms with E-state index in [4.69, 9.17) is 5.73 Å².